The average molecular weight is 539 g/mol. The summed E-state index contributed by atoms with van der Waals surface area (Å²) in [7, 11) is 11.6. The van der Waals surface area contributed by atoms with Crippen molar-refractivity contribution in [2.45, 2.75) is 40.5 Å². The Hall–Kier alpha value is -4.20. The van der Waals surface area contributed by atoms with Gasteiger partial charge in [-0.2, -0.15) is 0 Å². The van der Waals surface area contributed by atoms with Gasteiger partial charge in [0.15, 0.2) is 0 Å². The molecule has 0 saturated heterocycles. The molecule has 0 spiro atoms. The van der Waals surface area contributed by atoms with E-state index in [1.165, 1.54) is 17.6 Å². The second-order valence-corrected chi connectivity index (χ2v) is 10.9. The van der Waals surface area contributed by atoms with E-state index < -0.39 is 0 Å². The van der Waals surface area contributed by atoms with Crippen molar-refractivity contribution in [2.24, 2.45) is 9.98 Å². The monoisotopic (exact) mass is 538 g/mol. The molecule has 2 aromatic carbocycles. The van der Waals surface area contributed by atoms with Crippen LogP contribution in [0.1, 0.15) is 56.9 Å². The van der Waals surface area contributed by atoms with E-state index in [1.807, 2.05) is 50.1 Å². The molecule has 2 heterocycles. The van der Waals surface area contributed by atoms with Crippen LogP contribution in [0.5, 0.6) is 0 Å². The third-order valence-electron chi connectivity index (χ3n) is 7.56. The Morgan fingerprint density at radius 2 is 1.10 bits per heavy atom. The summed E-state index contributed by atoms with van der Waals surface area (Å²) in [5.74, 6) is 3.60. The molecule has 0 saturated carbocycles. The molecule has 0 unspecified atom stereocenters. The molecular weight excluding hydrogens is 496 g/mol. The van der Waals surface area contributed by atoms with Crippen molar-refractivity contribution in [1.29, 1.82) is 0 Å². The molecule has 4 aromatic rings. The van der Waals surface area contributed by atoms with E-state index in [-0.39, 0.29) is 0 Å². The Morgan fingerprint density at radius 1 is 0.700 bits per heavy atom. The van der Waals surface area contributed by atoms with Crippen LogP contribution in [0.3, 0.4) is 0 Å². The Morgan fingerprint density at radius 3 is 1.40 bits per heavy atom. The molecule has 0 atom stereocenters. The molecule has 0 bridgehead atoms. The van der Waals surface area contributed by atoms with Crippen LogP contribution in [0.2, 0.25) is 0 Å². The summed E-state index contributed by atoms with van der Waals surface area (Å²) in [5, 5.41) is 0. The van der Waals surface area contributed by atoms with Crippen molar-refractivity contribution in [3.63, 3.8) is 0 Å². The molecule has 8 nitrogen and oxygen atoms in total. The second kappa shape index (κ2) is 11.9. The lowest BCUT2D eigenvalue weighted by atomic mass is 10.1. The number of fused-ring (bicyclic) bond motifs is 2. The lowest BCUT2D eigenvalue weighted by Gasteiger charge is -2.15. The van der Waals surface area contributed by atoms with Crippen LogP contribution in [-0.4, -0.2) is 83.7 Å². The fourth-order valence-electron chi connectivity index (χ4n) is 5.21. The number of aliphatic imine (C=N–C) groups is 2. The van der Waals surface area contributed by atoms with Crippen molar-refractivity contribution in [3.8, 4) is 0 Å². The van der Waals surface area contributed by atoms with Gasteiger partial charge in [-0.3, -0.25) is 9.98 Å². The number of amidine groups is 2. The van der Waals surface area contributed by atoms with Gasteiger partial charge >= 0.3 is 0 Å². The highest BCUT2D eigenvalue weighted by atomic mass is 15.1. The van der Waals surface area contributed by atoms with Gasteiger partial charge < -0.3 is 19.8 Å². The second-order valence-electron chi connectivity index (χ2n) is 10.9. The predicted molar refractivity (Wildman–Crippen MR) is 169 cm³/mol. The van der Waals surface area contributed by atoms with Gasteiger partial charge in [-0.25, -0.2) is 9.97 Å². The molecule has 0 radical (unpaired) electrons. The molecular formula is C32H42N8. The number of benzene rings is 2. The standard InChI is InChI=1S/C23H28N8.C9H14/c1-24-22(30(3)4)14-7-9-16-18(11-14)28-20(26-16)13-21-27-17-10-8-15(12-19(17)29-21)23(25-2)31(5)6;1-6-5-7(2)9(4)8(6)3/h7-12H,13H2,1-6H3,(H,26,28)(H,27,29);5H2,1-4H3. The zero-order valence-electron chi connectivity index (χ0n) is 25.6. The van der Waals surface area contributed by atoms with Gasteiger partial charge in [0.25, 0.3) is 0 Å². The fraction of sp³-hybridized carbons (Fsp3) is 0.375. The molecule has 210 valence electrons. The zero-order valence-corrected chi connectivity index (χ0v) is 25.6. The van der Waals surface area contributed by atoms with E-state index in [2.05, 4.69) is 71.9 Å². The normalized spacial score (nSPS) is 14.3. The van der Waals surface area contributed by atoms with Crippen molar-refractivity contribution < 1.29 is 0 Å². The molecule has 0 aliphatic heterocycles. The first-order valence-electron chi connectivity index (χ1n) is 13.6. The van der Waals surface area contributed by atoms with Crippen LogP contribution in [0.25, 0.3) is 22.1 Å². The molecule has 40 heavy (non-hydrogen) atoms. The number of allylic oxidation sites excluding steroid dienone is 4. The molecule has 8 heteroatoms. The number of aromatic nitrogens is 4. The van der Waals surface area contributed by atoms with Gasteiger partial charge in [-0.15, -0.1) is 0 Å². The number of H-pyrrole nitrogens is 2. The summed E-state index contributed by atoms with van der Waals surface area (Å²) in [6, 6.07) is 12.3. The quantitative estimate of drug-likeness (QED) is 0.248. The number of imidazole rings is 2. The third kappa shape index (κ3) is 6.01. The summed E-state index contributed by atoms with van der Waals surface area (Å²) in [5.41, 5.74) is 12.1. The Bertz CT molecular complexity index is 1530. The van der Waals surface area contributed by atoms with Crippen LogP contribution in [0.4, 0.5) is 0 Å². The topological polar surface area (TPSA) is 88.6 Å². The van der Waals surface area contributed by atoms with Crippen LogP contribution in [-0.2, 0) is 6.42 Å². The van der Waals surface area contributed by atoms with Crippen LogP contribution < -0.4 is 0 Å². The van der Waals surface area contributed by atoms with Crippen molar-refractivity contribution in [3.05, 3.63) is 81.5 Å². The minimum Gasteiger partial charge on any atom is -0.363 e. The van der Waals surface area contributed by atoms with Gasteiger partial charge in [0, 0.05) is 53.4 Å². The molecule has 0 amide bonds. The first kappa shape index (κ1) is 28.8. The van der Waals surface area contributed by atoms with Gasteiger partial charge in [0.05, 0.1) is 28.5 Å². The highest BCUT2D eigenvalue weighted by Gasteiger charge is 2.13. The van der Waals surface area contributed by atoms with E-state index >= 15 is 0 Å². The Kier molecular flexibility index (Phi) is 8.57. The molecule has 5 rings (SSSR count). The Labute approximate surface area is 237 Å². The third-order valence-corrected chi connectivity index (χ3v) is 7.56. The minimum absolute atomic E-state index is 0.596. The largest absolute Gasteiger partial charge is 0.363 e. The summed E-state index contributed by atoms with van der Waals surface area (Å²) in [6.07, 6.45) is 1.80. The van der Waals surface area contributed by atoms with Crippen LogP contribution in [0.15, 0.2) is 68.7 Å². The minimum atomic E-state index is 0.596. The highest BCUT2D eigenvalue weighted by Crippen LogP contribution is 2.30. The molecule has 1 aliphatic rings. The van der Waals surface area contributed by atoms with E-state index in [9.17, 15) is 0 Å². The summed E-state index contributed by atoms with van der Waals surface area (Å²) >= 11 is 0. The summed E-state index contributed by atoms with van der Waals surface area (Å²) < 4.78 is 0. The maximum Gasteiger partial charge on any atom is 0.130 e. The zero-order chi connectivity index (χ0) is 29.1. The fourth-order valence-corrected chi connectivity index (χ4v) is 5.21. The number of rotatable bonds is 4. The van der Waals surface area contributed by atoms with Gasteiger partial charge in [0.2, 0.25) is 0 Å². The van der Waals surface area contributed by atoms with Crippen molar-refractivity contribution in [2.75, 3.05) is 42.3 Å². The van der Waals surface area contributed by atoms with E-state index in [0.29, 0.717) is 6.42 Å². The first-order chi connectivity index (χ1) is 19.0. The highest BCUT2D eigenvalue weighted by molar-refractivity contribution is 6.01. The number of hydrogen-bond acceptors (Lipinski definition) is 4. The first-order valence-corrected chi connectivity index (χ1v) is 13.6. The lowest BCUT2D eigenvalue weighted by molar-refractivity contribution is 0.622. The van der Waals surface area contributed by atoms with Crippen molar-refractivity contribution >= 4 is 33.7 Å². The van der Waals surface area contributed by atoms with Crippen molar-refractivity contribution in [1.82, 2.24) is 29.7 Å². The SMILES string of the molecule is CC1=C(C)C(C)=C(C)C1.CN=C(c1ccc2nc(Cc3nc4ccc(C(=NC)N(C)C)cc4[nH]3)[nH]c2c1)N(C)C. The molecule has 1 aliphatic carbocycles. The number of nitrogens with one attached hydrogen (secondary N) is 2. The Balaban J connectivity index is 0.000000350. The molecule has 0 fully saturated rings. The number of aromatic amines is 2. The maximum absolute atomic E-state index is 4.74. The molecule has 2 aromatic heterocycles. The van der Waals surface area contributed by atoms with E-state index in [1.54, 1.807) is 25.2 Å². The average Bonchev–Trinajstić information content (AvgIpc) is 3.56. The van der Waals surface area contributed by atoms with Gasteiger partial charge in [0.1, 0.15) is 23.3 Å². The van der Waals surface area contributed by atoms with Gasteiger partial charge in [-0.1, -0.05) is 11.1 Å². The summed E-state index contributed by atoms with van der Waals surface area (Å²) in [6.45, 7) is 8.85. The maximum atomic E-state index is 4.74. The van der Waals surface area contributed by atoms with E-state index in [4.69, 9.17) is 9.97 Å². The number of nitrogens with zero attached hydrogens (tertiary/aromatic N) is 6. The summed E-state index contributed by atoms with van der Waals surface area (Å²) in [4.78, 5) is 29.1. The van der Waals surface area contributed by atoms with Crippen LogP contribution in [0, 0.1) is 0 Å². The predicted octanol–water partition coefficient (Wildman–Crippen LogP) is 5.97. The molecule has 2 N–H and O–H groups in total. The number of hydrogen-bond donors (Lipinski definition) is 2. The lowest BCUT2D eigenvalue weighted by Crippen LogP contribution is -2.22. The van der Waals surface area contributed by atoms with Gasteiger partial charge in [-0.05, 0) is 81.7 Å². The van der Waals surface area contributed by atoms with E-state index in [0.717, 1.165) is 56.5 Å². The smallest absolute Gasteiger partial charge is 0.130 e. The van der Waals surface area contributed by atoms with Crippen LogP contribution >= 0.6 is 0 Å².